The van der Waals surface area contributed by atoms with Crippen LogP contribution in [0.4, 0.5) is 0 Å². The first-order valence-corrected chi connectivity index (χ1v) is 10.1. The Morgan fingerprint density at radius 3 is 2.71 bits per heavy atom. The molecule has 5 nitrogen and oxygen atoms in total. The van der Waals surface area contributed by atoms with Gasteiger partial charge < -0.3 is 19.7 Å². The molecule has 2 aliphatic rings. The van der Waals surface area contributed by atoms with Crippen LogP contribution >= 0.6 is 0 Å². The molecule has 2 aromatic carbocycles. The molecule has 0 radical (unpaired) electrons. The lowest BCUT2D eigenvalue weighted by Gasteiger charge is -2.34. The second kappa shape index (κ2) is 8.65. The van der Waals surface area contributed by atoms with E-state index in [1.807, 2.05) is 47.4 Å². The zero-order valence-corrected chi connectivity index (χ0v) is 16.4. The molecule has 1 N–H and O–H groups in total. The van der Waals surface area contributed by atoms with E-state index in [-0.39, 0.29) is 5.91 Å². The summed E-state index contributed by atoms with van der Waals surface area (Å²) in [5.74, 6) is 2.41. The molecule has 2 aliphatic heterocycles. The number of piperidine rings is 1. The maximum absolute atomic E-state index is 12.6. The number of carbonyl (C=O) groups excluding carboxylic acids is 1. The summed E-state index contributed by atoms with van der Waals surface area (Å²) in [6.45, 7) is 3.31. The van der Waals surface area contributed by atoms with E-state index in [1.54, 1.807) is 7.11 Å². The van der Waals surface area contributed by atoms with Gasteiger partial charge in [-0.3, -0.25) is 4.79 Å². The van der Waals surface area contributed by atoms with Crippen molar-refractivity contribution in [2.45, 2.75) is 25.3 Å². The molecule has 28 heavy (non-hydrogen) atoms. The molecule has 1 fully saturated rings. The third kappa shape index (κ3) is 4.30. The zero-order chi connectivity index (χ0) is 19.3. The predicted molar refractivity (Wildman–Crippen MR) is 109 cm³/mol. The molecule has 5 heteroatoms. The van der Waals surface area contributed by atoms with E-state index in [2.05, 4.69) is 11.4 Å². The third-order valence-corrected chi connectivity index (χ3v) is 5.76. The SMILES string of the molecule is COc1ccc2c(c1)OC[C@H](CNC1CCN(C(=O)c3ccccc3)CC1)C2. The van der Waals surface area contributed by atoms with E-state index < -0.39 is 0 Å². The molecule has 4 rings (SSSR count). The van der Waals surface area contributed by atoms with Gasteiger partial charge in [-0.25, -0.2) is 0 Å². The number of hydrogen-bond donors (Lipinski definition) is 1. The summed E-state index contributed by atoms with van der Waals surface area (Å²) in [7, 11) is 1.68. The maximum atomic E-state index is 12.6. The highest BCUT2D eigenvalue weighted by molar-refractivity contribution is 5.94. The van der Waals surface area contributed by atoms with Crippen LogP contribution in [0.3, 0.4) is 0 Å². The van der Waals surface area contributed by atoms with E-state index >= 15 is 0 Å². The topological polar surface area (TPSA) is 50.8 Å². The first-order valence-electron chi connectivity index (χ1n) is 10.1. The predicted octanol–water partition coefficient (Wildman–Crippen LogP) is 3.14. The maximum Gasteiger partial charge on any atom is 0.253 e. The summed E-state index contributed by atoms with van der Waals surface area (Å²) >= 11 is 0. The normalized spacial score (nSPS) is 19.6. The van der Waals surface area contributed by atoms with Gasteiger partial charge in [0.2, 0.25) is 0 Å². The quantitative estimate of drug-likeness (QED) is 0.866. The molecule has 2 heterocycles. The fourth-order valence-electron chi connectivity index (χ4n) is 4.06. The Bertz CT molecular complexity index is 801. The van der Waals surface area contributed by atoms with Crippen molar-refractivity contribution in [2.24, 2.45) is 5.92 Å². The van der Waals surface area contributed by atoms with Crippen molar-refractivity contribution in [1.82, 2.24) is 10.2 Å². The summed E-state index contributed by atoms with van der Waals surface area (Å²) in [6.07, 6.45) is 3.03. The van der Waals surface area contributed by atoms with E-state index in [1.165, 1.54) is 5.56 Å². The number of hydrogen-bond acceptors (Lipinski definition) is 4. The molecular weight excluding hydrogens is 352 g/mol. The highest BCUT2D eigenvalue weighted by Crippen LogP contribution is 2.31. The average Bonchev–Trinajstić information content (AvgIpc) is 2.77. The molecule has 0 bridgehead atoms. The van der Waals surface area contributed by atoms with Gasteiger partial charge in [-0.1, -0.05) is 24.3 Å². The number of fused-ring (bicyclic) bond motifs is 1. The third-order valence-electron chi connectivity index (χ3n) is 5.76. The van der Waals surface area contributed by atoms with Crippen molar-refractivity contribution in [3.63, 3.8) is 0 Å². The minimum Gasteiger partial charge on any atom is -0.497 e. The van der Waals surface area contributed by atoms with Crippen molar-refractivity contribution in [2.75, 3.05) is 33.4 Å². The van der Waals surface area contributed by atoms with Crippen LogP contribution in [0.15, 0.2) is 48.5 Å². The van der Waals surface area contributed by atoms with Gasteiger partial charge in [0.05, 0.1) is 13.7 Å². The Kier molecular flexibility index (Phi) is 5.81. The lowest BCUT2D eigenvalue weighted by molar-refractivity contribution is 0.0702. The van der Waals surface area contributed by atoms with Gasteiger partial charge in [0.15, 0.2) is 0 Å². The molecule has 2 aromatic rings. The molecule has 1 amide bonds. The molecule has 0 aromatic heterocycles. The molecule has 0 spiro atoms. The second-order valence-corrected chi connectivity index (χ2v) is 7.70. The number of methoxy groups -OCH3 is 1. The Morgan fingerprint density at radius 1 is 1.18 bits per heavy atom. The Hall–Kier alpha value is -2.53. The highest BCUT2D eigenvalue weighted by Gasteiger charge is 2.25. The number of nitrogens with zero attached hydrogens (tertiary/aromatic N) is 1. The van der Waals surface area contributed by atoms with Crippen LogP contribution in [0.2, 0.25) is 0 Å². The van der Waals surface area contributed by atoms with E-state index in [0.717, 1.165) is 62.6 Å². The number of ether oxygens (including phenoxy) is 2. The molecule has 0 unspecified atom stereocenters. The van der Waals surface area contributed by atoms with E-state index in [4.69, 9.17) is 9.47 Å². The monoisotopic (exact) mass is 380 g/mol. The van der Waals surface area contributed by atoms with Crippen LogP contribution in [0.5, 0.6) is 11.5 Å². The van der Waals surface area contributed by atoms with Gasteiger partial charge in [-0.05, 0) is 43.0 Å². The number of rotatable bonds is 5. The van der Waals surface area contributed by atoms with Crippen molar-refractivity contribution >= 4 is 5.91 Å². The summed E-state index contributed by atoms with van der Waals surface area (Å²) < 4.78 is 11.2. The Balaban J connectivity index is 1.23. The van der Waals surface area contributed by atoms with Gasteiger partial charge in [0.1, 0.15) is 11.5 Å². The average molecular weight is 380 g/mol. The van der Waals surface area contributed by atoms with Crippen LogP contribution in [0, 0.1) is 5.92 Å². The molecule has 148 valence electrons. The van der Waals surface area contributed by atoms with E-state index in [9.17, 15) is 4.79 Å². The summed E-state index contributed by atoms with van der Waals surface area (Å²) in [6, 6.07) is 16.1. The van der Waals surface area contributed by atoms with Crippen LogP contribution in [-0.4, -0.2) is 50.2 Å². The minimum absolute atomic E-state index is 0.145. The first-order chi connectivity index (χ1) is 13.7. The molecule has 0 saturated carbocycles. The van der Waals surface area contributed by atoms with Crippen molar-refractivity contribution in [3.05, 3.63) is 59.7 Å². The minimum atomic E-state index is 0.145. The van der Waals surface area contributed by atoms with Crippen molar-refractivity contribution in [3.8, 4) is 11.5 Å². The first kappa shape index (κ1) is 18.8. The van der Waals surface area contributed by atoms with Crippen LogP contribution in [0.1, 0.15) is 28.8 Å². The summed E-state index contributed by atoms with van der Waals surface area (Å²) in [5.41, 5.74) is 2.03. The molecule has 0 aliphatic carbocycles. The summed E-state index contributed by atoms with van der Waals surface area (Å²) in [4.78, 5) is 14.5. The number of nitrogens with one attached hydrogen (secondary N) is 1. The van der Waals surface area contributed by atoms with Crippen LogP contribution in [0.25, 0.3) is 0 Å². The zero-order valence-electron chi connectivity index (χ0n) is 16.4. The highest BCUT2D eigenvalue weighted by atomic mass is 16.5. The van der Waals surface area contributed by atoms with E-state index in [0.29, 0.717) is 12.0 Å². The largest absolute Gasteiger partial charge is 0.497 e. The fourth-order valence-corrected chi connectivity index (χ4v) is 4.06. The summed E-state index contributed by atoms with van der Waals surface area (Å²) in [5, 5.41) is 3.70. The second-order valence-electron chi connectivity index (χ2n) is 7.70. The number of benzene rings is 2. The van der Waals surface area contributed by atoms with Gasteiger partial charge in [0.25, 0.3) is 5.91 Å². The fraction of sp³-hybridized carbons (Fsp3) is 0.435. The Labute approximate surface area is 166 Å². The van der Waals surface area contributed by atoms with Gasteiger partial charge >= 0.3 is 0 Å². The molecule has 1 saturated heterocycles. The standard InChI is InChI=1S/C23H28N2O3/c1-27-21-8-7-19-13-17(16-28-22(19)14-21)15-24-20-9-11-25(12-10-20)23(26)18-5-3-2-4-6-18/h2-8,14,17,20,24H,9-13,15-16H2,1H3/t17-/m0/s1. The van der Waals surface area contributed by atoms with Crippen LogP contribution in [-0.2, 0) is 6.42 Å². The number of amides is 1. The van der Waals surface area contributed by atoms with Gasteiger partial charge in [-0.2, -0.15) is 0 Å². The van der Waals surface area contributed by atoms with Crippen molar-refractivity contribution in [1.29, 1.82) is 0 Å². The van der Waals surface area contributed by atoms with Crippen molar-refractivity contribution < 1.29 is 14.3 Å². The molecule has 1 atom stereocenters. The molecular formula is C23H28N2O3. The lowest BCUT2D eigenvalue weighted by Crippen LogP contribution is -2.46. The lowest BCUT2D eigenvalue weighted by atomic mass is 9.95. The number of likely N-dealkylation sites (tertiary alicyclic amines) is 1. The number of carbonyl (C=O) groups is 1. The Morgan fingerprint density at radius 2 is 1.96 bits per heavy atom. The van der Waals surface area contributed by atoms with Crippen LogP contribution < -0.4 is 14.8 Å². The van der Waals surface area contributed by atoms with Gasteiger partial charge in [0, 0.05) is 43.2 Å². The smallest absolute Gasteiger partial charge is 0.253 e. The van der Waals surface area contributed by atoms with Gasteiger partial charge in [-0.15, -0.1) is 0 Å².